The van der Waals surface area contributed by atoms with E-state index in [1.165, 1.54) is 9.26 Å². The number of hydrogen-bond acceptors (Lipinski definition) is 2. The molecule has 0 saturated heterocycles. The summed E-state index contributed by atoms with van der Waals surface area (Å²) in [6, 6.07) is 16.7. The Hall–Kier alpha value is -1.93. The molecule has 3 aromatic rings. The molecule has 0 spiro atoms. The Bertz CT molecular complexity index is 876. The van der Waals surface area contributed by atoms with Crippen molar-refractivity contribution >= 4 is 45.6 Å². The van der Waals surface area contributed by atoms with Crippen molar-refractivity contribution in [2.45, 2.75) is 12.6 Å². The summed E-state index contributed by atoms with van der Waals surface area (Å²) in [6.07, 6.45) is 5.86. The van der Waals surface area contributed by atoms with Crippen molar-refractivity contribution in [3.63, 3.8) is 0 Å². The number of nitrogens with zero attached hydrogens (tertiary/aromatic N) is 3. The fourth-order valence-electron chi connectivity index (χ4n) is 3.22. The fraction of sp³-hybridized carbons (Fsp3) is 0.158. The lowest BCUT2D eigenvalue weighted by molar-refractivity contribution is 0.293. The Morgan fingerprint density at radius 2 is 1.96 bits per heavy atom. The maximum Gasteiger partial charge on any atom is 0.174 e. The Kier molecular flexibility index (Phi) is 4.72. The second-order valence-corrected chi connectivity index (χ2v) is 7.58. The number of aromatic nitrogens is 2. The molecule has 4 nitrogen and oxygen atoms in total. The SMILES string of the molecule is S=C(Nc1ccc(I)cc1)N1CCn2cccc2C1c1cccnc1. The summed E-state index contributed by atoms with van der Waals surface area (Å²) in [5.41, 5.74) is 3.40. The molecule has 0 bridgehead atoms. The van der Waals surface area contributed by atoms with Gasteiger partial charge in [0.15, 0.2) is 5.11 Å². The Morgan fingerprint density at radius 1 is 1.12 bits per heavy atom. The van der Waals surface area contributed by atoms with E-state index < -0.39 is 0 Å². The number of pyridine rings is 1. The van der Waals surface area contributed by atoms with Gasteiger partial charge in [-0.2, -0.15) is 0 Å². The lowest BCUT2D eigenvalue weighted by Gasteiger charge is -2.38. The lowest BCUT2D eigenvalue weighted by Crippen LogP contribution is -2.44. The van der Waals surface area contributed by atoms with E-state index in [2.05, 4.69) is 91.0 Å². The van der Waals surface area contributed by atoms with Crippen LogP contribution in [0.25, 0.3) is 0 Å². The highest BCUT2D eigenvalue weighted by Gasteiger charge is 2.30. The van der Waals surface area contributed by atoms with Crippen LogP contribution in [0.15, 0.2) is 67.1 Å². The van der Waals surface area contributed by atoms with E-state index in [4.69, 9.17) is 12.2 Å². The van der Waals surface area contributed by atoms with Crippen molar-refractivity contribution in [3.8, 4) is 0 Å². The fourth-order valence-corrected chi connectivity index (χ4v) is 3.89. The maximum atomic E-state index is 5.75. The first-order valence-corrected chi connectivity index (χ1v) is 9.59. The molecule has 1 unspecified atom stereocenters. The minimum atomic E-state index is 0.0706. The number of anilines is 1. The summed E-state index contributed by atoms with van der Waals surface area (Å²) >= 11 is 8.06. The predicted molar refractivity (Wildman–Crippen MR) is 113 cm³/mol. The van der Waals surface area contributed by atoms with Crippen LogP contribution in [0.2, 0.25) is 0 Å². The number of halogens is 1. The second kappa shape index (κ2) is 7.13. The Balaban J connectivity index is 1.65. The van der Waals surface area contributed by atoms with Gasteiger partial charge >= 0.3 is 0 Å². The third-order valence-corrected chi connectivity index (χ3v) is 5.45. The summed E-state index contributed by atoms with van der Waals surface area (Å²) in [7, 11) is 0. The number of nitrogens with one attached hydrogen (secondary N) is 1. The number of thiocarbonyl (C=S) groups is 1. The molecular formula is C19H17IN4S. The van der Waals surface area contributed by atoms with E-state index in [0.29, 0.717) is 0 Å². The number of fused-ring (bicyclic) bond motifs is 1. The molecule has 2 aromatic heterocycles. The minimum absolute atomic E-state index is 0.0706. The van der Waals surface area contributed by atoms with Crippen LogP contribution >= 0.6 is 34.8 Å². The molecule has 0 saturated carbocycles. The molecule has 1 aliphatic heterocycles. The third kappa shape index (κ3) is 3.41. The number of rotatable bonds is 2. The van der Waals surface area contributed by atoms with E-state index in [1.807, 2.05) is 12.3 Å². The van der Waals surface area contributed by atoms with Crippen molar-refractivity contribution in [3.05, 3.63) is 81.9 Å². The number of benzene rings is 1. The van der Waals surface area contributed by atoms with E-state index in [0.717, 1.165) is 29.5 Å². The molecule has 25 heavy (non-hydrogen) atoms. The first-order valence-electron chi connectivity index (χ1n) is 8.10. The van der Waals surface area contributed by atoms with Gasteiger partial charge in [-0.3, -0.25) is 4.98 Å². The topological polar surface area (TPSA) is 33.1 Å². The van der Waals surface area contributed by atoms with Gasteiger partial charge in [0, 0.05) is 46.6 Å². The summed E-state index contributed by atoms with van der Waals surface area (Å²) in [5, 5.41) is 4.12. The van der Waals surface area contributed by atoms with E-state index >= 15 is 0 Å². The van der Waals surface area contributed by atoms with Crippen LogP contribution in [0.4, 0.5) is 5.69 Å². The highest BCUT2D eigenvalue weighted by Crippen LogP contribution is 2.32. The molecule has 1 aliphatic rings. The molecule has 126 valence electrons. The molecule has 0 radical (unpaired) electrons. The van der Waals surface area contributed by atoms with E-state index in [1.54, 1.807) is 6.20 Å². The third-order valence-electron chi connectivity index (χ3n) is 4.39. The van der Waals surface area contributed by atoms with Crippen LogP contribution in [0.3, 0.4) is 0 Å². The highest BCUT2D eigenvalue weighted by molar-refractivity contribution is 14.1. The molecule has 1 atom stereocenters. The molecule has 1 aromatic carbocycles. The molecule has 6 heteroatoms. The minimum Gasteiger partial charge on any atom is -0.348 e. The first-order chi connectivity index (χ1) is 12.2. The van der Waals surface area contributed by atoms with Gasteiger partial charge in [-0.05, 0) is 82.8 Å². The van der Waals surface area contributed by atoms with E-state index in [9.17, 15) is 0 Å². The Labute approximate surface area is 166 Å². The summed E-state index contributed by atoms with van der Waals surface area (Å²) in [5.74, 6) is 0. The zero-order valence-electron chi connectivity index (χ0n) is 13.5. The number of hydrogen-bond donors (Lipinski definition) is 1. The van der Waals surface area contributed by atoms with Crippen molar-refractivity contribution in [1.82, 2.24) is 14.5 Å². The van der Waals surface area contributed by atoms with Crippen molar-refractivity contribution in [2.24, 2.45) is 0 Å². The average Bonchev–Trinajstić information content (AvgIpc) is 3.12. The van der Waals surface area contributed by atoms with Gasteiger partial charge < -0.3 is 14.8 Å². The first kappa shape index (κ1) is 16.5. The molecule has 0 amide bonds. The summed E-state index contributed by atoms with van der Waals surface area (Å²) < 4.78 is 3.50. The quantitative estimate of drug-likeness (QED) is 0.457. The van der Waals surface area contributed by atoms with Crippen LogP contribution in [-0.4, -0.2) is 26.1 Å². The zero-order chi connectivity index (χ0) is 17.2. The summed E-state index contributed by atoms with van der Waals surface area (Å²) in [6.45, 7) is 1.78. The van der Waals surface area contributed by atoms with Crippen LogP contribution in [0, 0.1) is 3.57 Å². The smallest absolute Gasteiger partial charge is 0.174 e. The van der Waals surface area contributed by atoms with E-state index in [-0.39, 0.29) is 6.04 Å². The molecule has 4 rings (SSSR count). The van der Waals surface area contributed by atoms with Crippen molar-refractivity contribution < 1.29 is 0 Å². The van der Waals surface area contributed by atoms with Crippen LogP contribution in [-0.2, 0) is 6.54 Å². The molecule has 0 aliphatic carbocycles. The largest absolute Gasteiger partial charge is 0.348 e. The van der Waals surface area contributed by atoms with Gasteiger partial charge in [0.1, 0.15) is 0 Å². The van der Waals surface area contributed by atoms with Crippen molar-refractivity contribution in [1.29, 1.82) is 0 Å². The van der Waals surface area contributed by atoms with Crippen LogP contribution < -0.4 is 5.32 Å². The van der Waals surface area contributed by atoms with Gasteiger partial charge in [0.25, 0.3) is 0 Å². The molecule has 1 N–H and O–H groups in total. The monoisotopic (exact) mass is 460 g/mol. The highest BCUT2D eigenvalue weighted by atomic mass is 127. The second-order valence-electron chi connectivity index (χ2n) is 5.95. The van der Waals surface area contributed by atoms with Gasteiger partial charge in [-0.25, -0.2) is 0 Å². The van der Waals surface area contributed by atoms with Gasteiger partial charge in [-0.15, -0.1) is 0 Å². The van der Waals surface area contributed by atoms with Gasteiger partial charge in [-0.1, -0.05) is 6.07 Å². The maximum absolute atomic E-state index is 5.75. The average molecular weight is 460 g/mol. The normalized spacial score (nSPS) is 16.4. The van der Waals surface area contributed by atoms with Crippen molar-refractivity contribution in [2.75, 3.05) is 11.9 Å². The summed E-state index contributed by atoms with van der Waals surface area (Å²) in [4.78, 5) is 6.55. The van der Waals surface area contributed by atoms with Crippen LogP contribution in [0.5, 0.6) is 0 Å². The molecule has 3 heterocycles. The Morgan fingerprint density at radius 3 is 2.72 bits per heavy atom. The van der Waals surface area contributed by atoms with Crippen LogP contribution in [0.1, 0.15) is 17.3 Å². The predicted octanol–water partition coefficient (Wildman–Crippen LogP) is 4.29. The zero-order valence-corrected chi connectivity index (χ0v) is 16.4. The lowest BCUT2D eigenvalue weighted by atomic mass is 10.0. The molecular weight excluding hydrogens is 443 g/mol. The molecule has 0 fully saturated rings. The standard InChI is InChI=1S/C19H17IN4S/c20-15-5-7-16(8-6-15)22-19(25)24-12-11-23-10-2-4-17(23)18(24)14-3-1-9-21-13-14/h1-10,13,18H,11-12H2,(H,22,25). The van der Waals surface area contributed by atoms with Gasteiger partial charge in [0.05, 0.1) is 6.04 Å². The van der Waals surface area contributed by atoms with Gasteiger partial charge in [0.2, 0.25) is 0 Å².